The Kier molecular flexibility index (Phi) is 6.16. The van der Waals surface area contributed by atoms with Gasteiger partial charge in [0.2, 0.25) is 11.1 Å². The number of thioether (sulfide) groups is 1. The highest BCUT2D eigenvalue weighted by atomic mass is 32.2. The first kappa shape index (κ1) is 22.3. The molecule has 4 aromatic rings. The van der Waals surface area contributed by atoms with Crippen molar-refractivity contribution in [2.45, 2.75) is 25.5 Å². The van der Waals surface area contributed by atoms with Gasteiger partial charge in [-0.25, -0.2) is 9.36 Å². The molecule has 0 atom stereocenters. The number of rotatable bonds is 7. The van der Waals surface area contributed by atoms with Crippen LogP contribution in [0.2, 0.25) is 0 Å². The topological polar surface area (TPSA) is 113 Å². The standard InChI is InChI=1S/C22H23N7O3S2/c1-14-10-15(2)29(26-14)21-24-25-22(28(21)23)34-13-20(30)27(12-17-4-3-9-33-17)16-5-6-18-19(11-16)32-8-7-31-18/h3-6,9-11H,7-8,12-13,23H2,1-2H3. The minimum Gasteiger partial charge on any atom is -0.486 e. The van der Waals surface area contributed by atoms with Crippen molar-refractivity contribution in [2.75, 3.05) is 29.7 Å². The van der Waals surface area contributed by atoms with Crippen molar-refractivity contribution in [2.24, 2.45) is 0 Å². The van der Waals surface area contributed by atoms with Crippen LogP contribution in [0.4, 0.5) is 5.69 Å². The zero-order valence-electron chi connectivity index (χ0n) is 18.7. The van der Waals surface area contributed by atoms with Gasteiger partial charge in [-0.3, -0.25) is 4.79 Å². The molecule has 1 aromatic carbocycles. The maximum absolute atomic E-state index is 13.4. The van der Waals surface area contributed by atoms with Crippen LogP contribution >= 0.6 is 23.1 Å². The van der Waals surface area contributed by atoms with Crippen LogP contribution in [0.15, 0.2) is 46.9 Å². The van der Waals surface area contributed by atoms with Crippen molar-refractivity contribution in [3.63, 3.8) is 0 Å². The number of hydrogen-bond donors (Lipinski definition) is 1. The highest BCUT2D eigenvalue weighted by molar-refractivity contribution is 7.99. The van der Waals surface area contributed by atoms with Crippen molar-refractivity contribution in [3.05, 3.63) is 58.0 Å². The summed E-state index contributed by atoms with van der Waals surface area (Å²) in [6.45, 7) is 5.26. The predicted octanol–water partition coefficient (Wildman–Crippen LogP) is 2.95. The molecule has 0 unspecified atom stereocenters. The number of anilines is 1. The molecule has 0 saturated heterocycles. The Hall–Kier alpha value is -3.51. The normalized spacial score (nSPS) is 12.6. The summed E-state index contributed by atoms with van der Waals surface area (Å²) in [6, 6.07) is 11.5. The Morgan fingerprint density at radius 1 is 1.18 bits per heavy atom. The zero-order valence-corrected chi connectivity index (χ0v) is 20.3. The average molecular weight is 498 g/mol. The number of hydrogen-bond acceptors (Lipinski definition) is 9. The fourth-order valence-electron chi connectivity index (χ4n) is 3.63. The second-order valence-electron chi connectivity index (χ2n) is 7.67. The monoisotopic (exact) mass is 497 g/mol. The molecule has 3 aromatic heterocycles. The number of amides is 1. The third-order valence-electron chi connectivity index (χ3n) is 5.20. The van der Waals surface area contributed by atoms with Gasteiger partial charge in [-0.2, -0.15) is 5.10 Å². The van der Waals surface area contributed by atoms with Crippen LogP contribution in [0.5, 0.6) is 11.5 Å². The van der Waals surface area contributed by atoms with Gasteiger partial charge in [-0.1, -0.05) is 17.8 Å². The van der Waals surface area contributed by atoms with E-state index in [-0.39, 0.29) is 11.7 Å². The number of ether oxygens (including phenoxy) is 2. The Morgan fingerprint density at radius 3 is 2.74 bits per heavy atom. The molecular weight excluding hydrogens is 474 g/mol. The Balaban J connectivity index is 1.36. The zero-order chi connectivity index (χ0) is 23.7. The molecule has 0 spiro atoms. The molecule has 1 amide bonds. The Labute approximate surface area is 204 Å². The van der Waals surface area contributed by atoms with Crippen molar-refractivity contribution in [1.82, 2.24) is 24.7 Å². The summed E-state index contributed by atoms with van der Waals surface area (Å²) in [6.07, 6.45) is 0. The minimum atomic E-state index is -0.0919. The molecule has 0 bridgehead atoms. The molecule has 34 heavy (non-hydrogen) atoms. The first-order valence-electron chi connectivity index (χ1n) is 10.6. The Morgan fingerprint density at radius 2 is 2.00 bits per heavy atom. The maximum atomic E-state index is 13.4. The van der Waals surface area contributed by atoms with E-state index in [1.54, 1.807) is 20.9 Å². The van der Waals surface area contributed by atoms with Gasteiger partial charge in [0, 0.05) is 22.3 Å². The fourth-order valence-corrected chi connectivity index (χ4v) is 5.05. The molecule has 2 N–H and O–H groups in total. The second-order valence-corrected chi connectivity index (χ2v) is 9.64. The number of nitrogens with zero attached hydrogens (tertiary/aromatic N) is 6. The van der Waals surface area contributed by atoms with Crippen LogP contribution in [0, 0.1) is 13.8 Å². The van der Waals surface area contributed by atoms with Crippen LogP contribution in [-0.2, 0) is 11.3 Å². The van der Waals surface area contributed by atoms with Gasteiger partial charge >= 0.3 is 0 Å². The van der Waals surface area contributed by atoms with Gasteiger partial charge in [0.25, 0.3) is 5.95 Å². The van der Waals surface area contributed by atoms with Gasteiger partial charge in [-0.15, -0.1) is 21.5 Å². The molecule has 0 aliphatic carbocycles. The van der Waals surface area contributed by atoms with Crippen LogP contribution in [0.25, 0.3) is 5.95 Å². The lowest BCUT2D eigenvalue weighted by Crippen LogP contribution is -2.32. The molecule has 0 fully saturated rings. The molecule has 10 nitrogen and oxygen atoms in total. The largest absolute Gasteiger partial charge is 0.486 e. The first-order valence-corrected chi connectivity index (χ1v) is 12.5. The smallest absolute Gasteiger partial charge is 0.271 e. The lowest BCUT2D eigenvalue weighted by atomic mass is 10.2. The number of carbonyl (C=O) groups excluding carboxylic acids is 1. The number of nitrogens with two attached hydrogens (primary N) is 1. The molecule has 176 valence electrons. The summed E-state index contributed by atoms with van der Waals surface area (Å²) in [4.78, 5) is 16.2. The number of fused-ring (bicyclic) bond motifs is 1. The minimum absolute atomic E-state index is 0.0919. The van der Waals surface area contributed by atoms with E-state index < -0.39 is 0 Å². The number of aromatic nitrogens is 5. The molecule has 4 heterocycles. The summed E-state index contributed by atoms with van der Waals surface area (Å²) >= 11 is 2.83. The number of thiophene rings is 1. The van der Waals surface area contributed by atoms with Crippen LogP contribution < -0.4 is 20.2 Å². The van der Waals surface area contributed by atoms with E-state index in [1.165, 1.54) is 16.4 Å². The quantitative estimate of drug-likeness (QED) is 0.306. The fraction of sp³-hybridized carbons (Fsp3) is 0.273. The van der Waals surface area contributed by atoms with E-state index in [9.17, 15) is 4.79 Å². The summed E-state index contributed by atoms with van der Waals surface area (Å²) in [5, 5.41) is 15.2. The van der Waals surface area contributed by atoms with E-state index in [0.29, 0.717) is 42.4 Å². The summed E-state index contributed by atoms with van der Waals surface area (Å²) in [7, 11) is 0. The van der Waals surface area contributed by atoms with E-state index in [2.05, 4.69) is 15.3 Å². The predicted molar refractivity (Wildman–Crippen MR) is 130 cm³/mol. The molecule has 0 saturated carbocycles. The van der Waals surface area contributed by atoms with Gasteiger partial charge in [-0.05, 0) is 43.5 Å². The van der Waals surface area contributed by atoms with Crippen LogP contribution in [0.3, 0.4) is 0 Å². The SMILES string of the molecule is Cc1cc(C)n(-c2nnc(SCC(=O)N(Cc3cccs3)c3ccc4c(c3)OCCO4)n2N)n1. The molecule has 0 radical (unpaired) electrons. The lowest BCUT2D eigenvalue weighted by Gasteiger charge is -2.25. The van der Waals surface area contributed by atoms with Gasteiger partial charge < -0.3 is 20.2 Å². The molecule has 5 rings (SSSR count). The van der Waals surface area contributed by atoms with E-state index >= 15 is 0 Å². The van der Waals surface area contributed by atoms with Crippen molar-refractivity contribution in [1.29, 1.82) is 0 Å². The maximum Gasteiger partial charge on any atom is 0.271 e. The molecular formula is C22H23N7O3S2. The first-order chi connectivity index (χ1) is 16.5. The Bertz CT molecular complexity index is 1320. The highest BCUT2D eigenvalue weighted by Crippen LogP contribution is 2.35. The van der Waals surface area contributed by atoms with E-state index in [4.69, 9.17) is 15.3 Å². The average Bonchev–Trinajstić information content (AvgIpc) is 3.56. The molecule has 1 aliphatic rings. The van der Waals surface area contributed by atoms with Gasteiger partial charge in [0.05, 0.1) is 18.0 Å². The highest BCUT2D eigenvalue weighted by Gasteiger charge is 2.22. The summed E-state index contributed by atoms with van der Waals surface area (Å²) < 4.78 is 14.3. The van der Waals surface area contributed by atoms with E-state index in [0.717, 1.165) is 22.0 Å². The van der Waals surface area contributed by atoms with Crippen LogP contribution in [0.1, 0.15) is 16.3 Å². The third-order valence-corrected chi connectivity index (χ3v) is 6.99. The van der Waals surface area contributed by atoms with Crippen LogP contribution in [-0.4, -0.2) is 49.5 Å². The molecule has 1 aliphatic heterocycles. The third kappa shape index (κ3) is 4.46. The van der Waals surface area contributed by atoms with Crippen molar-refractivity contribution >= 4 is 34.7 Å². The van der Waals surface area contributed by atoms with Crippen molar-refractivity contribution in [3.8, 4) is 17.4 Å². The van der Waals surface area contributed by atoms with Crippen molar-refractivity contribution < 1.29 is 14.3 Å². The van der Waals surface area contributed by atoms with Gasteiger partial charge in [0.15, 0.2) is 11.5 Å². The number of aryl methyl sites for hydroxylation is 2. The van der Waals surface area contributed by atoms with E-state index in [1.807, 2.05) is 55.6 Å². The molecule has 12 heteroatoms. The summed E-state index contributed by atoms with van der Waals surface area (Å²) in [5.74, 6) is 7.98. The number of benzene rings is 1. The second kappa shape index (κ2) is 9.39. The lowest BCUT2D eigenvalue weighted by molar-refractivity contribution is -0.116. The van der Waals surface area contributed by atoms with Gasteiger partial charge in [0.1, 0.15) is 13.2 Å². The summed E-state index contributed by atoms with van der Waals surface area (Å²) in [5.41, 5.74) is 2.49. The number of carbonyl (C=O) groups is 1. The number of nitrogen functional groups attached to an aromatic ring is 1.